The first-order valence-corrected chi connectivity index (χ1v) is 9.74. The van der Waals surface area contributed by atoms with E-state index in [1.54, 1.807) is 4.68 Å². The molecule has 0 saturated carbocycles. The van der Waals surface area contributed by atoms with Gasteiger partial charge in [-0.15, -0.1) is 0 Å². The minimum atomic E-state index is -0.0640. The highest BCUT2D eigenvalue weighted by Gasteiger charge is 2.47. The first-order chi connectivity index (χ1) is 13.0. The number of carbonyl (C=O) groups excluding carboxylic acids is 1. The topological polar surface area (TPSA) is 61.6 Å². The van der Waals surface area contributed by atoms with E-state index in [1.807, 2.05) is 48.3 Å². The molecule has 1 aromatic heterocycles. The summed E-state index contributed by atoms with van der Waals surface area (Å²) in [6, 6.07) is 12.0. The van der Waals surface area contributed by atoms with Gasteiger partial charge in [-0.05, 0) is 38.9 Å². The minimum Gasteiger partial charge on any atom is -0.396 e. The van der Waals surface area contributed by atoms with Gasteiger partial charge in [0.15, 0.2) is 0 Å². The van der Waals surface area contributed by atoms with Gasteiger partial charge in [-0.25, -0.2) is 0 Å². The third kappa shape index (κ3) is 3.17. The van der Waals surface area contributed by atoms with Gasteiger partial charge >= 0.3 is 0 Å². The summed E-state index contributed by atoms with van der Waals surface area (Å²) >= 11 is 0. The number of amides is 1. The SMILES string of the molecule is CN1CCC[C@]2(CO)CCN(C(=O)c3cc(-c4ccccc4)nn3C)C[C@@H]12. The summed E-state index contributed by atoms with van der Waals surface area (Å²) in [4.78, 5) is 17.5. The van der Waals surface area contributed by atoms with E-state index >= 15 is 0 Å². The van der Waals surface area contributed by atoms with E-state index in [0.717, 1.165) is 37.1 Å². The molecule has 2 aliphatic rings. The van der Waals surface area contributed by atoms with Crippen LogP contribution in [0.4, 0.5) is 0 Å². The predicted molar refractivity (Wildman–Crippen MR) is 104 cm³/mol. The standard InChI is InChI=1S/C21H28N4O2/c1-23-11-6-9-21(15-26)10-12-25(14-19(21)23)20(27)18-13-17(22-24(18)2)16-7-4-3-5-8-16/h3-5,7-8,13,19,26H,6,9-12,14-15H2,1-2H3/t19-,21-/m1/s1. The van der Waals surface area contributed by atoms with Crippen molar-refractivity contribution in [3.05, 3.63) is 42.1 Å². The molecule has 4 rings (SSSR count). The van der Waals surface area contributed by atoms with Crippen LogP contribution in [-0.2, 0) is 7.05 Å². The molecule has 1 N–H and O–H groups in total. The summed E-state index contributed by atoms with van der Waals surface area (Å²) in [5.74, 6) is 0.0256. The molecular formula is C21H28N4O2. The first-order valence-electron chi connectivity index (χ1n) is 9.74. The zero-order chi connectivity index (χ0) is 19.0. The molecule has 0 unspecified atom stereocenters. The number of likely N-dealkylation sites (tertiary alicyclic amines) is 2. The number of likely N-dealkylation sites (N-methyl/N-ethyl adjacent to an activating group) is 1. The molecule has 2 atom stereocenters. The van der Waals surface area contributed by atoms with Crippen LogP contribution < -0.4 is 0 Å². The number of carbonyl (C=O) groups is 1. The second-order valence-corrected chi connectivity index (χ2v) is 8.03. The molecule has 3 heterocycles. The number of hydrogen-bond acceptors (Lipinski definition) is 4. The number of rotatable bonds is 3. The second-order valence-electron chi connectivity index (χ2n) is 8.03. The highest BCUT2D eigenvalue weighted by Crippen LogP contribution is 2.41. The normalized spacial score (nSPS) is 26.0. The molecular weight excluding hydrogens is 340 g/mol. The van der Waals surface area contributed by atoms with Gasteiger partial charge in [-0.1, -0.05) is 30.3 Å². The number of nitrogens with zero attached hydrogens (tertiary/aromatic N) is 4. The van der Waals surface area contributed by atoms with Crippen LogP contribution in [0.15, 0.2) is 36.4 Å². The second kappa shape index (κ2) is 7.09. The van der Waals surface area contributed by atoms with E-state index in [2.05, 4.69) is 17.0 Å². The molecule has 0 spiro atoms. The maximum Gasteiger partial charge on any atom is 0.272 e. The molecule has 2 fully saturated rings. The first kappa shape index (κ1) is 18.2. The molecule has 6 heteroatoms. The Hall–Kier alpha value is -2.18. The predicted octanol–water partition coefficient (Wildman–Crippen LogP) is 2.01. The molecule has 2 saturated heterocycles. The zero-order valence-electron chi connectivity index (χ0n) is 16.1. The summed E-state index contributed by atoms with van der Waals surface area (Å²) < 4.78 is 1.68. The monoisotopic (exact) mass is 368 g/mol. The van der Waals surface area contributed by atoms with Crippen molar-refractivity contribution in [2.45, 2.75) is 25.3 Å². The summed E-state index contributed by atoms with van der Waals surface area (Å²) in [5.41, 5.74) is 2.38. The van der Waals surface area contributed by atoms with E-state index in [1.165, 1.54) is 0 Å². The summed E-state index contributed by atoms with van der Waals surface area (Å²) in [7, 11) is 3.94. The highest BCUT2D eigenvalue weighted by molar-refractivity contribution is 5.93. The van der Waals surface area contributed by atoms with Gasteiger partial charge in [-0.3, -0.25) is 9.48 Å². The van der Waals surface area contributed by atoms with Gasteiger partial charge in [0.05, 0.1) is 12.3 Å². The molecule has 144 valence electrons. The molecule has 1 amide bonds. The van der Waals surface area contributed by atoms with Crippen molar-refractivity contribution in [2.75, 3.05) is 33.3 Å². The fourth-order valence-electron chi connectivity index (χ4n) is 4.78. The molecule has 6 nitrogen and oxygen atoms in total. The summed E-state index contributed by atoms with van der Waals surface area (Å²) in [6.45, 7) is 2.59. The van der Waals surface area contributed by atoms with Crippen molar-refractivity contribution in [1.82, 2.24) is 19.6 Å². The van der Waals surface area contributed by atoms with Gasteiger partial charge in [0, 0.05) is 37.2 Å². The third-order valence-electron chi connectivity index (χ3n) is 6.47. The Morgan fingerprint density at radius 2 is 2.00 bits per heavy atom. The van der Waals surface area contributed by atoms with Crippen LogP contribution in [0.5, 0.6) is 0 Å². The molecule has 0 aliphatic carbocycles. The largest absolute Gasteiger partial charge is 0.396 e. The minimum absolute atomic E-state index is 0.0256. The van der Waals surface area contributed by atoms with Crippen LogP contribution in [0, 0.1) is 5.41 Å². The molecule has 2 aromatic rings. The number of hydrogen-bond donors (Lipinski definition) is 1. The number of piperidine rings is 2. The lowest BCUT2D eigenvalue weighted by atomic mass is 9.69. The average molecular weight is 368 g/mol. The van der Waals surface area contributed by atoms with Crippen LogP contribution in [0.3, 0.4) is 0 Å². The number of aliphatic hydroxyl groups excluding tert-OH is 1. The average Bonchev–Trinajstić information content (AvgIpc) is 3.10. The Morgan fingerprint density at radius 1 is 1.22 bits per heavy atom. The number of benzene rings is 1. The maximum absolute atomic E-state index is 13.2. The number of aryl methyl sites for hydroxylation is 1. The molecule has 0 radical (unpaired) electrons. The van der Waals surface area contributed by atoms with Gasteiger partial charge in [0.1, 0.15) is 5.69 Å². The summed E-state index contributed by atoms with van der Waals surface area (Å²) in [5, 5.41) is 14.6. The van der Waals surface area contributed by atoms with Crippen molar-refractivity contribution in [2.24, 2.45) is 12.5 Å². The number of fused-ring (bicyclic) bond motifs is 1. The van der Waals surface area contributed by atoms with E-state index in [-0.39, 0.29) is 24.0 Å². The third-order valence-corrected chi connectivity index (χ3v) is 6.47. The number of aliphatic hydroxyl groups is 1. The highest BCUT2D eigenvalue weighted by atomic mass is 16.3. The van der Waals surface area contributed by atoms with Crippen LogP contribution in [-0.4, -0.2) is 69.9 Å². The molecule has 2 aliphatic heterocycles. The van der Waals surface area contributed by atoms with Crippen molar-refractivity contribution >= 4 is 5.91 Å². The quantitative estimate of drug-likeness (QED) is 0.900. The fraction of sp³-hybridized carbons (Fsp3) is 0.524. The number of aromatic nitrogens is 2. The Balaban J connectivity index is 1.56. The fourth-order valence-corrected chi connectivity index (χ4v) is 4.78. The van der Waals surface area contributed by atoms with Crippen molar-refractivity contribution in [3.63, 3.8) is 0 Å². The zero-order valence-corrected chi connectivity index (χ0v) is 16.1. The lowest BCUT2D eigenvalue weighted by molar-refractivity contribution is -0.0602. The van der Waals surface area contributed by atoms with E-state index < -0.39 is 0 Å². The Bertz CT molecular complexity index is 819. The van der Waals surface area contributed by atoms with Gasteiger partial charge < -0.3 is 14.9 Å². The lowest BCUT2D eigenvalue weighted by Gasteiger charge is -2.53. The van der Waals surface area contributed by atoms with Crippen LogP contribution in [0.2, 0.25) is 0 Å². The van der Waals surface area contributed by atoms with Gasteiger partial charge in [0.2, 0.25) is 0 Å². The smallest absolute Gasteiger partial charge is 0.272 e. The van der Waals surface area contributed by atoms with Crippen LogP contribution in [0.1, 0.15) is 29.8 Å². The van der Waals surface area contributed by atoms with Gasteiger partial charge in [0.25, 0.3) is 5.91 Å². The van der Waals surface area contributed by atoms with E-state index in [9.17, 15) is 9.90 Å². The van der Waals surface area contributed by atoms with Crippen LogP contribution in [0.25, 0.3) is 11.3 Å². The summed E-state index contributed by atoms with van der Waals surface area (Å²) in [6.07, 6.45) is 3.02. The Labute approximate surface area is 160 Å². The molecule has 0 bridgehead atoms. The lowest BCUT2D eigenvalue weighted by Crippen LogP contribution is -2.62. The van der Waals surface area contributed by atoms with E-state index in [4.69, 9.17) is 0 Å². The Kier molecular flexibility index (Phi) is 4.78. The molecule has 1 aromatic carbocycles. The van der Waals surface area contributed by atoms with Crippen molar-refractivity contribution in [1.29, 1.82) is 0 Å². The van der Waals surface area contributed by atoms with Crippen molar-refractivity contribution in [3.8, 4) is 11.3 Å². The van der Waals surface area contributed by atoms with E-state index in [0.29, 0.717) is 18.8 Å². The molecule has 27 heavy (non-hydrogen) atoms. The van der Waals surface area contributed by atoms with Crippen LogP contribution >= 0.6 is 0 Å². The van der Waals surface area contributed by atoms with Gasteiger partial charge in [-0.2, -0.15) is 5.10 Å². The maximum atomic E-state index is 13.2. The van der Waals surface area contributed by atoms with Crippen molar-refractivity contribution < 1.29 is 9.90 Å². The Morgan fingerprint density at radius 3 is 2.74 bits per heavy atom.